The lowest BCUT2D eigenvalue weighted by atomic mass is 10.1. The summed E-state index contributed by atoms with van der Waals surface area (Å²) in [4.78, 5) is 10.9. The SMILES string of the molecule is O=C(O)c1cccc(-c2ccc(CNC3CC3)o2)c1. The number of carbonyl (C=O) groups is 1. The lowest BCUT2D eigenvalue weighted by molar-refractivity contribution is 0.0697. The number of nitrogens with one attached hydrogen (secondary N) is 1. The van der Waals surface area contributed by atoms with E-state index in [1.807, 2.05) is 18.2 Å². The Hall–Kier alpha value is -2.07. The molecule has 1 aromatic heterocycles. The van der Waals surface area contributed by atoms with E-state index in [-0.39, 0.29) is 5.56 Å². The van der Waals surface area contributed by atoms with Crippen LogP contribution in [0.3, 0.4) is 0 Å². The zero-order valence-corrected chi connectivity index (χ0v) is 10.4. The normalized spacial score (nSPS) is 14.5. The van der Waals surface area contributed by atoms with Crippen molar-refractivity contribution in [3.63, 3.8) is 0 Å². The molecule has 1 heterocycles. The fourth-order valence-corrected chi connectivity index (χ4v) is 1.97. The van der Waals surface area contributed by atoms with E-state index in [2.05, 4.69) is 5.32 Å². The number of furan rings is 1. The predicted octanol–water partition coefficient (Wildman–Crippen LogP) is 2.90. The highest BCUT2D eigenvalue weighted by Gasteiger charge is 2.20. The van der Waals surface area contributed by atoms with Gasteiger partial charge in [-0.15, -0.1) is 0 Å². The Kier molecular flexibility index (Phi) is 3.09. The second-order valence-corrected chi connectivity index (χ2v) is 4.81. The van der Waals surface area contributed by atoms with E-state index in [1.54, 1.807) is 18.2 Å². The van der Waals surface area contributed by atoms with Crippen molar-refractivity contribution in [1.82, 2.24) is 5.32 Å². The van der Waals surface area contributed by atoms with Crippen LogP contribution in [0.5, 0.6) is 0 Å². The Bertz CT molecular complexity index is 599. The zero-order chi connectivity index (χ0) is 13.2. The first-order chi connectivity index (χ1) is 9.22. The van der Waals surface area contributed by atoms with Gasteiger partial charge < -0.3 is 14.8 Å². The van der Waals surface area contributed by atoms with Crippen molar-refractivity contribution < 1.29 is 14.3 Å². The molecule has 1 aromatic carbocycles. The van der Waals surface area contributed by atoms with Crippen molar-refractivity contribution in [2.45, 2.75) is 25.4 Å². The third kappa shape index (κ3) is 2.85. The number of aromatic carboxylic acids is 1. The number of benzene rings is 1. The molecule has 0 atom stereocenters. The summed E-state index contributed by atoms with van der Waals surface area (Å²) in [5.74, 6) is 0.655. The van der Waals surface area contributed by atoms with Gasteiger partial charge in [0.05, 0.1) is 12.1 Å². The number of rotatable bonds is 5. The molecule has 0 saturated heterocycles. The molecule has 0 spiro atoms. The van der Waals surface area contributed by atoms with E-state index in [9.17, 15) is 4.79 Å². The standard InChI is InChI=1S/C15H15NO3/c17-15(18)11-3-1-2-10(8-11)14-7-6-13(19-14)9-16-12-4-5-12/h1-3,6-8,12,16H,4-5,9H2,(H,17,18). The molecular weight excluding hydrogens is 242 g/mol. The monoisotopic (exact) mass is 257 g/mol. The second kappa shape index (κ2) is 4.90. The van der Waals surface area contributed by atoms with Gasteiger partial charge in [-0.3, -0.25) is 0 Å². The summed E-state index contributed by atoms with van der Waals surface area (Å²) in [6, 6.07) is 11.2. The molecule has 0 radical (unpaired) electrons. The summed E-state index contributed by atoms with van der Waals surface area (Å²) >= 11 is 0. The van der Waals surface area contributed by atoms with Crippen molar-refractivity contribution in [2.24, 2.45) is 0 Å². The minimum atomic E-state index is -0.927. The summed E-state index contributed by atoms with van der Waals surface area (Å²) in [6.07, 6.45) is 2.49. The van der Waals surface area contributed by atoms with Gasteiger partial charge >= 0.3 is 5.97 Å². The Morgan fingerprint density at radius 1 is 1.32 bits per heavy atom. The first-order valence-electron chi connectivity index (χ1n) is 6.38. The van der Waals surface area contributed by atoms with Crippen LogP contribution in [-0.4, -0.2) is 17.1 Å². The predicted molar refractivity (Wildman–Crippen MR) is 71.0 cm³/mol. The van der Waals surface area contributed by atoms with Crippen LogP contribution in [0.1, 0.15) is 29.0 Å². The second-order valence-electron chi connectivity index (χ2n) is 4.81. The molecule has 2 N–H and O–H groups in total. The van der Waals surface area contributed by atoms with Gasteiger partial charge in [-0.25, -0.2) is 4.79 Å². The third-order valence-electron chi connectivity index (χ3n) is 3.20. The topological polar surface area (TPSA) is 62.5 Å². The smallest absolute Gasteiger partial charge is 0.335 e. The Morgan fingerprint density at radius 3 is 2.89 bits per heavy atom. The molecule has 0 amide bonds. The van der Waals surface area contributed by atoms with E-state index in [1.165, 1.54) is 12.8 Å². The maximum Gasteiger partial charge on any atom is 0.335 e. The molecule has 98 valence electrons. The highest BCUT2D eigenvalue weighted by atomic mass is 16.4. The van der Waals surface area contributed by atoms with Crippen LogP contribution >= 0.6 is 0 Å². The molecule has 2 aromatic rings. The first-order valence-corrected chi connectivity index (χ1v) is 6.38. The van der Waals surface area contributed by atoms with Crippen molar-refractivity contribution in [1.29, 1.82) is 0 Å². The van der Waals surface area contributed by atoms with Gasteiger partial charge in [-0.2, -0.15) is 0 Å². The van der Waals surface area contributed by atoms with Gasteiger partial charge in [0.2, 0.25) is 0 Å². The fourth-order valence-electron chi connectivity index (χ4n) is 1.97. The van der Waals surface area contributed by atoms with Crippen LogP contribution in [-0.2, 0) is 6.54 Å². The van der Waals surface area contributed by atoms with Crippen molar-refractivity contribution in [3.8, 4) is 11.3 Å². The third-order valence-corrected chi connectivity index (χ3v) is 3.20. The minimum absolute atomic E-state index is 0.270. The molecule has 1 aliphatic rings. The van der Waals surface area contributed by atoms with Crippen LogP contribution in [0.4, 0.5) is 0 Å². The van der Waals surface area contributed by atoms with Gasteiger partial charge in [0.1, 0.15) is 11.5 Å². The Morgan fingerprint density at radius 2 is 2.16 bits per heavy atom. The highest BCUT2D eigenvalue weighted by molar-refractivity contribution is 5.89. The molecule has 0 bridgehead atoms. The fraction of sp³-hybridized carbons (Fsp3) is 0.267. The van der Waals surface area contributed by atoms with Gasteiger partial charge in [0.25, 0.3) is 0 Å². The van der Waals surface area contributed by atoms with Crippen molar-refractivity contribution >= 4 is 5.97 Å². The maximum atomic E-state index is 10.9. The molecule has 19 heavy (non-hydrogen) atoms. The Labute approximate surface area is 111 Å². The van der Waals surface area contributed by atoms with Crippen LogP contribution in [0.25, 0.3) is 11.3 Å². The number of hydrogen-bond acceptors (Lipinski definition) is 3. The van der Waals surface area contributed by atoms with E-state index in [0.29, 0.717) is 11.8 Å². The Balaban J connectivity index is 1.77. The minimum Gasteiger partial charge on any atom is -0.478 e. The number of carboxylic acid groups (broad SMARTS) is 1. The average Bonchev–Trinajstić information content (AvgIpc) is 3.13. The summed E-state index contributed by atoms with van der Waals surface area (Å²) in [5, 5.41) is 12.4. The molecule has 0 unspecified atom stereocenters. The van der Waals surface area contributed by atoms with Crippen LogP contribution < -0.4 is 5.32 Å². The van der Waals surface area contributed by atoms with E-state index < -0.39 is 5.97 Å². The van der Waals surface area contributed by atoms with E-state index in [4.69, 9.17) is 9.52 Å². The molecule has 1 saturated carbocycles. The van der Waals surface area contributed by atoms with Gasteiger partial charge in [-0.05, 0) is 37.1 Å². The van der Waals surface area contributed by atoms with E-state index >= 15 is 0 Å². The molecule has 0 aliphatic heterocycles. The lowest BCUT2D eigenvalue weighted by Crippen LogP contribution is -2.14. The quantitative estimate of drug-likeness (QED) is 0.864. The summed E-state index contributed by atoms with van der Waals surface area (Å²) in [6.45, 7) is 0.725. The van der Waals surface area contributed by atoms with E-state index in [0.717, 1.165) is 17.9 Å². The zero-order valence-electron chi connectivity index (χ0n) is 10.4. The largest absolute Gasteiger partial charge is 0.478 e. The molecule has 4 nitrogen and oxygen atoms in total. The molecule has 1 aliphatic carbocycles. The first kappa shape index (κ1) is 12.0. The summed E-state index contributed by atoms with van der Waals surface area (Å²) in [7, 11) is 0. The summed E-state index contributed by atoms with van der Waals surface area (Å²) in [5.41, 5.74) is 1.06. The van der Waals surface area contributed by atoms with Crippen LogP contribution in [0.15, 0.2) is 40.8 Å². The summed E-state index contributed by atoms with van der Waals surface area (Å²) < 4.78 is 5.73. The molecular formula is C15H15NO3. The van der Waals surface area contributed by atoms with Gasteiger partial charge in [0, 0.05) is 11.6 Å². The van der Waals surface area contributed by atoms with Crippen LogP contribution in [0, 0.1) is 0 Å². The van der Waals surface area contributed by atoms with Gasteiger partial charge in [-0.1, -0.05) is 12.1 Å². The average molecular weight is 257 g/mol. The lowest BCUT2D eigenvalue weighted by Gasteiger charge is -2.00. The van der Waals surface area contributed by atoms with Gasteiger partial charge in [0.15, 0.2) is 0 Å². The van der Waals surface area contributed by atoms with Crippen LogP contribution in [0.2, 0.25) is 0 Å². The maximum absolute atomic E-state index is 10.9. The molecule has 3 rings (SSSR count). The number of carboxylic acids is 1. The number of hydrogen-bond donors (Lipinski definition) is 2. The van der Waals surface area contributed by atoms with Crippen molar-refractivity contribution in [2.75, 3.05) is 0 Å². The molecule has 1 fully saturated rings. The highest BCUT2D eigenvalue weighted by Crippen LogP contribution is 2.24. The molecule has 4 heteroatoms. The van der Waals surface area contributed by atoms with Crippen molar-refractivity contribution in [3.05, 3.63) is 47.7 Å².